The van der Waals surface area contributed by atoms with E-state index in [9.17, 15) is 26.7 Å². The lowest BCUT2D eigenvalue weighted by Crippen LogP contribution is -2.32. The Morgan fingerprint density at radius 3 is 2.71 bits per heavy atom. The van der Waals surface area contributed by atoms with Gasteiger partial charge in [0.15, 0.2) is 0 Å². The topological polar surface area (TPSA) is 55.0 Å². The van der Waals surface area contributed by atoms with Crippen molar-refractivity contribution in [3.8, 4) is 0 Å². The molecule has 21 heavy (non-hydrogen) atoms. The Kier molecular flexibility index (Phi) is 4.21. The summed E-state index contributed by atoms with van der Waals surface area (Å²) in [5, 5.41) is 0.109. The quantitative estimate of drug-likeness (QED) is 0.863. The van der Waals surface area contributed by atoms with Gasteiger partial charge in [-0.05, 0) is 12.1 Å². The smallest absolute Gasteiger partial charge is 0.330 e. The first-order valence-corrected chi connectivity index (χ1v) is 5.72. The van der Waals surface area contributed by atoms with Crippen LogP contribution in [0.1, 0.15) is 5.82 Å². The van der Waals surface area contributed by atoms with Gasteiger partial charge in [-0.3, -0.25) is 4.79 Å². The van der Waals surface area contributed by atoms with Gasteiger partial charge in [-0.1, -0.05) is 0 Å². The number of aromatic amines is 1. The summed E-state index contributed by atoms with van der Waals surface area (Å²) in [5.41, 5.74) is -0.600. The minimum Gasteiger partial charge on any atom is -0.367 e. The van der Waals surface area contributed by atoms with E-state index in [4.69, 9.17) is 0 Å². The number of hydrogen-bond acceptors (Lipinski definition) is 3. The van der Waals surface area contributed by atoms with E-state index < -0.39 is 36.9 Å². The van der Waals surface area contributed by atoms with Crippen molar-refractivity contribution in [2.75, 3.05) is 6.61 Å². The number of rotatable bonds is 5. The molecular formula is C12H9F5N2O2. The van der Waals surface area contributed by atoms with Crippen molar-refractivity contribution >= 4 is 10.9 Å². The molecule has 0 radical (unpaired) electrons. The molecule has 0 saturated carbocycles. The number of nitrogens with one attached hydrogen (secondary N) is 1. The zero-order valence-electron chi connectivity index (χ0n) is 10.4. The van der Waals surface area contributed by atoms with E-state index >= 15 is 0 Å². The number of alkyl halides is 4. The largest absolute Gasteiger partial charge is 0.367 e. The molecule has 4 nitrogen and oxygen atoms in total. The molecular weight excluding hydrogens is 299 g/mol. The zero-order valence-corrected chi connectivity index (χ0v) is 10.4. The maximum absolute atomic E-state index is 13.0. The van der Waals surface area contributed by atoms with E-state index in [2.05, 4.69) is 14.7 Å². The number of hydrogen-bond donors (Lipinski definition) is 1. The highest BCUT2D eigenvalue weighted by atomic mass is 19.3. The van der Waals surface area contributed by atoms with Gasteiger partial charge in [0.05, 0.1) is 10.9 Å². The van der Waals surface area contributed by atoms with Gasteiger partial charge < -0.3 is 9.72 Å². The molecule has 1 aromatic carbocycles. The standard InChI is InChI=1S/C12H9F5N2O2/c13-6-1-2-7-8(3-6)18-9(19-10(7)20)4-21-5-12(16,17)11(14)15/h1-3,11H,4-5H2,(H,18,19,20). The van der Waals surface area contributed by atoms with Gasteiger partial charge >= 0.3 is 12.3 Å². The van der Waals surface area contributed by atoms with Crippen molar-refractivity contribution in [3.63, 3.8) is 0 Å². The molecule has 0 aliphatic carbocycles. The zero-order chi connectivity index (χ0) is 15.6. The number of nitrogens with zero attached hydrogens (tertiary/aromatic N) is 1. The van der Waals surface area contributed by atoms with Gasteiger partial charge in [0.2, 0.25) is 0 Å². The van der Waals surface area contributed by atoms with Gasteiger partial charge in [0.1, 0.15) is 24.9 Å². The lowest BCUT2D eigenvalue weighted by atomic mass is 10.2. The van der Waals surface area contributed by atoms with E-state index in [1.54, 1.807) is 0 Å². The molecule has 1 heterocycles. The number of aromatic nitrogens is 2. The van der Waals surface area contributed by atoms with Gasteiger partial charge in [0.25, 0.3) is 5.56 Å². The third-order valence-electron chi connectivity index (χ3n) is 2.57. The van der Waals surface area contributed by atoms with Crippen LogP contribution in [0.25, 0.3) is 10.9 Å². The van der Waals surface area contributed by atoms with Gasteiger partial charge in [-0.25, -0.2) is 18.2 Å². The SMILES string of the molecule is O=c1[nH]c(COCC(F)(F)C(F)F)nc2cc(F)ccc12. The molecule has 9 heteroatoms. The van der Waals surface area contributed by atoms with Gasteiger partial charge in [-0.15, -0.1) is 0 Å². The van der Waals surface area contributed by atoms with Crippen LogP contribution in [-0.2, 0) is 11.3 Å². The second-order valence-electron chi connectivity index (χ2n) is 4.23. The minimum atomic E-state index is -4.29. The fourth-order valence-electron chi connectivity index (χ4n) is 1.58. The Bertz CT molecular complexity index is 702. The molecule has 1 aromatic heterocycles. The maximum Gasteiger partial charge on any atom is 0.330 e. The molecule has 0 amide bonds. The molecule has 0 aliphatic heterocycles. The molecule has 0 unspecified atom stereocenters. The van der Waals surface area contributed by atoms with Crippen LogP contribution in [0.3, 0.4) is 0 Å². The number of benzene rings is 1. The highest BCUT2D eigenvalue weighted by molar-refractivity contribution is 5.77. The monoisotopic (exact) mass is 308 g/mol. The normalized spacial score (nSPS) is 12.3. The summed E-state index contributed by atoms with van der Waals surface area (Å²) < 4.78 is 66.5. The third-order valence-corrected chi connectivity index (χ3v) is 2.57. The molecule has 114 valence electrons. The Balaban J connectivity index is 2.15. The Hall–Kier alpha value is -2.03. The lowest BCUT2D eigenvalue weighted by Gasteiger charge is -2.14. The number of ether oxygens (including phenoxy) is 1. The van der Waals surface area contributed by atoms with Crippen LogP contribution in [0.5, 0.6) is 0 Å². The van der Waals surface area contributed by atoms with E-state index in [1.807, 2.05) is 0 Å². The molecule has 1 N–H and O–H groups in total. The first-order chi connectivity index (χ1) is 9.79. The second kappa shape index (κ2) is 5.76. The van der Waals surface area contributed by atoms with Crippen molar-refractivity contribution in [1.82, 2.24) is 9.97 Å². The van der Waals surface area contributed by atoms with Crippen LogP contribution in [0, 0.1) is 5.82 Å². The van der Waals surface area contributed by atoms with E-state index in [0.717, 1.165) is 12.1 Å². The highest BCUT2D eigenvalue weighted by Crippen LogP contribution is 2.23. The fraction of sp³-hybridized carbons (Fsp3) is 0.333. The predicted molar refractivity (Wildman–Crippen MR) is 62.9 cm³/mol. The van der Waals surface area contributed by atoms with E-state index in [-0.39, 0.29) is 16.7 Å². The average molecular weight is 308 g/mol. The second-order valence-corrected chi connectivity index (χ2v) is 4.23. The molecule has 0 fully saturated rings. The Morgan fingerprint density at radius 2 is 2.05 bits per heavy atom. The summed E-state index contributed by atoms with van der Waals surface area (Å²) in [5.74, 6) is -5.08. The number of halogens is 5. The van der Waals surface area contributed by atoms with Crippen molar-refractivity contribution in [2.45, 2.75) is 19.0 Å². The van der Waals surface area contributed by atoms with Crippen molar-refractivity contribution < 1.29 is 26.7 Å². The molecule has 0 aliphatic rings. The summed E-state index contributed by atoms with van der Waals surface area (Å²) in [4.78, 5) is 17.7. The molecule has 2 rings (SSSR count). The molecule has 2 aromatic rings. The molecule has 0 atom stereocenters. The van der Waals surface area contributed by atoms with Crippen LogP contribution in [0.4, 0.5) is 22.0 Å². The average Bonchev–Trinajstić information content (AvgIpc) is 2.37. The van der Waals surface area contributed by atoms with Gasteiger partial charge in [-0.2, -0.15) is 8.78 Å². The van der Waals surface area contributed by atoms with E-state index in [1.165, 1.54) is 6.07 Å². The third kappa shape index (κ3) is 3.54. The summed E-state index contributed by atoms with van der Waals surface area (Å²) in [6.07, 6.45) is -3.85. The van der Waals surface area contributed by atoms with Crippen LogP contribution in [0.15, 0.2) is 23.0 Å². The summed E-state index contributed by atoms with van der Waals surface area (Å²) in [7, 11) is 0. The number of fused-ring (bicyclic) bond motifs is 1. The van der Waals surface area contributed by atoms with Gasteiger partial charge in [0, 0.05) is 6.07 Å². The lowest BCUT2D eigenvalue weighted by molar-refractivity contribution is -0.168. The van der Waals surface area contributed by atoms with Crippen molar-refractivity contribution in [1.29, 1.82) is 0 Å². The molecule has 0 bridgehead atoms. The molecule has 0 saturated heterocycles. The Labute approximate surface area is 114 Å². The fourth-order valence-corrected chi connectivity index (χ4v) is 1.58. The molecule has 0 spiro atoms. The summed E-state index contributed by atoms with van der Waals surface area (Å²) >= 11 is 0. The van der Waals surface area contributed by atoms with Crippen molar-refractivity contribution in [2.24, 2.45) is 0 Å². The first kappa shape index (κ1) is 15.4. The Morgan fingerprint density at radius 1 is 1.33 bits per heavy atom. The van der Waals surface area contributed by atoms with Crippen LogP contribution in [-0.4, -0.2) is 28.9 Å². The maximum atomic E-state index is 13.0. The van der Waals surface area contributed by atoms with E-state index in [0.29, 0.717) is 0 Å². The van der Waals surface area contributed by atoms with Crippen LogP contribution < -0.4 is 5.56 Å². The number of H-pyrrole nitrogens is 1. The van der Waals surface area contributed by atoms with Crippen LogP contribution >= 0.6 is 0 Å². The first-order valence-electron chi connectivity index (χ1n) is 5.72. The predicted octanol–water partition coefficient (Wildman–Crippen LogP) is 2.48. The van der Waals surface area contributed by atoms with Crippen LogP contribution in [0.2, 0.25) is 0 Å². The minimum absolute atomic E-state index is 0.0120. The summed E-state index contributed by atoms with van der Waals surface area (Å²) in [6.45, 7) is -2.13. The highest BCUT2D eigenvalue weighted by Gasteiger charge is 2.40. The van der Waals surface area contributed by atoms with Crippen molar-refractivity contribution in [3.05, 3.63) is 40.2 Å². The summed E-state index contributed by atoms with van der Waals surface area (Å²) in [6, 6.07) is 3.27.